The van der Waals surface area contributed by atoms with E-state index in [1.807, 2.05) is 18.2 Å². The summed E-state index contributed by atoms with van der Waals surface area (Å²) in [4.78, 5) is 11.3. The molecule has 0 unspecified atom stereocenters. The smallest absolute Gasteiger partial charge is 0.325 e. The van der Waals surface area contributed by atoms with Crippen molar-refractivity contribution in [2.45, 2.75) is 24.3 Å². The Morgan fingerprint density at radius 3 is 2.44 bits per heavy atom. The van der Waals surface area contributed by atoms with E-state index < -0.39 is 5.54 Å². The van der Waals surface area contributed by atoms with Crippen LogP contribution in [0.25, 0.3) is 0 Å². The number of carbonyl (C=O) groups is 1. The number of rotatable bonds is 2. The normalized spacial score (nSPS) is 27.5. The third-order valence-electron chi connectivity index (χ3n) is 3.08. The number of methoxy groups -OCH3 is 1. The molecule has 0 aliphatic heterocycles. The van der Waals surface area contributed by atoms with Crippen LogP contribution in [0.5, 0.6) is 0 Å². The minimum Gasteiger partial charge on any atom is -0.468 e. The molecule has 0 amide bonds. The zero-order valence-electron chi connectivity index (χ0n) is 9.18. The molecule has 88 valence electrons. The minimum atomic E-state index is -0.755. The molecule has 1 saturated carbocycles. The lowest BCUT2D eigenvalue weighted by Gasteiger charge is -2.42. The molecule has 3 nitrogen and oxygen atoms in total. The number of carbonyl (C=O) groups excluding carboxylic acids is 1. The summed E-state index contributed by atoms with van der Waals surface area (Å²) in [6.45, 7) is 0. The molecule has 0 bridgehead atoms. The molecule has 0 heterocycles. The van der Waals surface area contributed by atoms with E-state index in [4.69, 9.17) is 5.73 Å². The fraction of sp³-hybridized carbons (Fsp3) is 0.417. The average molecular weight is 242 g/mol. The van der Waals surface area contributed by atoms with E-state index in [1.165, 1.54) is 12.7 Å². The van der Waals surface area contributed by atoms with Gasteiger partial charge in [0.05, 0.1) is 7.11 Å². The largest absolute Gasteiger partial charge is 0.468 e. The van der Waals surface area contributed by atoms with Gasteiger partial charge >= 0.3 is 5.97 Å². The zero-order valence-corrected chi connectivity index (χ0v) is 10.00. The number of hydrogen-bond donors (Lipinski definition) is 1. The van der Waals surface area contributed by atoms with Gasteiger partial charge in [0.15, 0.2) is 0 Å². The SMILES string of the molecule is COC(=O)C1(N)CC(c2ccccc2)C1.Cl. The molecular weight excluding hydrogens is 226 g/mol. The molecule has 0 saturated heterocycles. The third-order valence-corrected chi connectivity index (χ3v) is 3.08. The van der Waals surface area contributed by atoms with E-state index in [0.29, 0.717) is 18.8 Å². The zero-order chi connectivity index (χ0) is 10.9. The monoisotopic (exact) mass is 241 g/mol. The van der Waals surface area contributed by atoms with Crippen LogP contribution < -0.4 is 5.73 Å². The number of esters is 1. The van der Waals surface area contributed by atoms with Crippen LogP contribution in [0.2, 0.25) is 0 Å². The first-order valence-electron chi connectivity index (χ1n) is 5.08. The number of halogens is 1. The van der Waals surface area contributed by atoms with Gasteiger partial charge in [-0.3, -0.25) is 4.79 Å². The lowest BCUT2D eigenvalue weighted by atomic mass is 9.66. The van der Waals surface area contributed by atoms with Crippen LogP contribution in [-0.4, -0.2) is 18.6 Å². The van der Waals surface area contributed by atoms with Gasteiger partial charge in [-0.2, -0.15) is 0 Å². The van der Waals surface area contributed by atoms with Crippen molar-refractivity contribution < 1.29 is 9.53 Å². The molecule has 0 aromatic heterocycles. The second kappa shape index (κ2) is 4.85. The van der Waals surface area contributed by atoms with Gasteiger partial charge in [0, 0.05) is 0 Å². The summed E-state index contributed by atoms with van der Waals surface area (Å²) >= 11 is 0. The molecule has 2 N–H and O–H groups in total. The number of ether oxygens (including phenoxy) is 1. The molecular formula is C12H16ClNO2. The molecule has 2 rings (SSSR count). The van der Waals surface area contributed by atoms with Gasteiger partial charge in [-0.15, -0.1) is 12.4 Å². The van der Waals surface area contributed by atoms with Crippen molar-refractivity contribution in [3.8, 4) is 0 Å². The maximum absolute atomic E-state index is 11.3. The topological polar surface area (TPSA) is 52.3 Å². The first-order valence-corrected chi connectivity index (χ1v) is 5.08. The van der Waals surface area contributed by atoms with E-state index in [-0.39, 0.29) is 18.4 Å². The highest BCUT2D eigenvalue weighted by molar-refractivity contribution is 5.85. The van der Waals surface area contributed by atoms with E-state index in [9.17, 15) is 4.79 Å². The molecule has 1 aromatic carbocycles. The van der Waals surface area contributed by atoms with Gasteiger partial charge in [0.25, 0.3) is 0 Å². The maximum Gasteiger partial charge on any atom is 0.325 e. The van der Waals surface area contributed by atoms with Crippen molar-refractivity contribution in [3.63, 3.8) is 0 Å². The van der Waals surface area contributed by atoms with Crippen LogP contribution in [0.15, 0.2) is 30.3 Å². The molecule has 16 heavy (non-hydrogen) atoms. The number of hydrogen-bond acceptors (Lipinski definition) is 3. The molecule has 1 aliphatic carbocycles. The van der Waals surface area contributed by atoms with E-state index in [2.05, 4.69) is 16.9 Å². The second-order valence-corrected chi connectivity index (χ2v) is 4.16. The van der Waals surface area contributed by atoms with Crippen LogP contribution >= 0.6 is 12.4 Å². The Balaban J connectivity index is 0.00000128. The summed E-state index contributed by atoms with van der Waals surface area (Å²) in [7, 11) is 1.38. The van der Waals surface area contributed by atoms with Crippen molar-refractivity contribution in [1.29, 1.82) is 0 Å². The lowest BCUT2D eigenvalue weighted by Crippen LogP contribution is -2.57. The second-order valence-electron chi connectivity index (χ2n) is 4.16. The number of benzene rings is 1. The maximum atomic E-state index is 11.3. The molecule has 0 spiro atoms. The highest BCUT2D eigenvalue weighted by atomic mass is 35.5. The molecule has 0 atom stereocenters. The molecule has 1 fully saturated rings. The van der Waals surface area contributed by atoms with Gasteiger partial charge < -0.3 is 10.5 Å². The van der Waals surface area contributed by atoms with Crippen LogP contribution in [0.3, 0.4) is 0 Å². The third kappa shape index (κ3) is 2.20. The predicted octanol–water partition coefficient (Wildman–Crippen LogP) is 1.86. The van der Waals surface area contributed by atoms with Crippen LogP contribution in [-0.2, 0) is 9.53 Å². The summed E-state index contributed by atoms with van der Waals surface area (Å²) in [6.07, 6.45) is 1.37. The quantitative estimate of drug-likeness (QED) is 0.804. The first kappa shape index (κ1) is 13.0. The fourth-order valence-corrected chi connectivity index (χ4v) is 2.15. The molecule has 1 aromatic rings. The summed E-state index contributed by atoms with van der Waals surface area (Å²) in [5.74, 6) is 0.102. The average Bonchev–Trinajstić information content (AvgIpc) is 2.25. The molecule has 1 aliphatic rings. The minimum absolute atomic E-state index is 0. The summed E-state index contributed by atoms with van der Waals surface area (Å²) in [5, 5.41) is 0. The highest BCUT2D eigenvalue weighted by Crippen LogP contribution is 2.43. The Morgan fingerprint density at radius 2 is 1.94 bits per heavy atom. The summed E-state index contributed by atoms with van der Waals surface area (Å²) in [6, 6.07) is 10.1. The van der Waals surface area contributed by atoms with Crippen LogP contribution in [0, 0.1) is 0 Å². The first-order chi connectivity index (χ1) is 7.15. The van der Waals surface area contributed by atoms with E-state index in [1.54, 1.807) is 0 Å². The van der Waals surface area contributed by atoms with E-state index >= 15 is 0 Å². The van der Waals surface area contributed by atoms with Crippen molar-refractivity contribution in [3.05, 3.63) is 35.9 Å². The lowest BCUT2D eigenvalue weighted by molar-refractivity contribution is -0.151. The Bertz CT molecular complexity index is 361. The van der Waals surface area contributed by atoms with Gasteiger partial charge in [-0.05, 0) is 24.3 Å². The standard InChI is InChI=1S/C12H15NO2.ClH/c1-15-11(14)12(13)7-10(8-12)9-5-3-2-4-6-9;/h2-6,10H,7-8,13H2,1H3;1H. The van der Waals surface area contributed by atoms with Crippen molar-refractivity contribution in [2.75, 3.05) is 7.11 Å². The van der Waals surface area contributed by atoms with Crippen molar-refractivity contribution >= 4 is 18.4 Å². The molecule has 0 radical (unpaired) electrons. The van der Waals surface area contributed by atoms with Crippen molar-refractivity contribution in [2.24, 2.45) is 5.73 Å². The van der Waals surface area contributed by atoms with E-state index in [0.717, 1.165) is 0 Å². The van der Waals surface area contributed by atoms with Crippen molar-refractivity contribution in [1.82, 2.24) is 0 Å². The summed E-state index contributed by atoms with van der Waals surface area (Å²) in [5.41, 5.74) is 6.41. The molecule has 4 heteroatoms. The number of nitrogens with two attached hydrogens (primary N) is 1. The van der Waals surface area contributed by atoms with Gasteiger partial charge in [0.1, 0.15) is 5.54 Å². The van der Waals surface area contributed by atoms with Gasteiger partial charge in [-0.1, -0.05) is 30.3 Å². The Kier molecular flexibility index (Phi) is 3.94. The van der Waals surface area contributed by atoms with Crippen LogP contribution in [0.1, 0.15) is 24.3 Å². The Hall–Kier alpha value is -1.06. The highest BCUT2D eigenvalue weighted by Gasteiger charge is 2.48. The summed E-state index contributed by atoms with van der Waals surface area (Å²) < 4.78 is 4.68. The Labute approximate surface area is 101 Å². The fourth-order valence-electron chi connectivity index (χ4n) is 2.15. The van der Waals surface area contributed by atoms with Gasteiger partial charge in [0.2, 0.25) is 0 Å². The Morgan fingerprint density at radius 1 is 1.38 bits per heavy atom. The predicted molar refractivity (Wildman–Crippen MR) is 64.6 cm³/mol. The van der Waals surface area contributed by atoms with Gasteiger partial charge in [-0.25, -0.2) is 0 Å². The van der Waals surface area contributed by atoms with Crippen LogP contribution in [0.4, 0.5) is 0 Å².